The lowest BCUT2D eigenvalue weighted by atomic mass is 10.2. The third-order valence-corrected chi connectivity index (χ3v) is 2.67. The third kappa shape index (κ3) is 2.49. The molecule has 2 aromatic rings. The Morgan fingerprint density at radius 1 is 1.06 bits per heavy atom. The molecule has 0 unspecified atom stereocenters. The zero-order chi connectivity index (χ0) is 13.0. The van der Waals surface area contributed by atoms with E-state index < -0.39 is 0 Å². The molecule has 0 heterocycles. The second-order valence-electron chi connectivity index (χ2n) is 3.84. The van der Waals surface area contributed by atoms with Gasteiger partial charge in [-0.3, -0.25) is 4.79 Å². The standard InChI is InChI=1S/C14H15N3O/c1-16-12-7-9-13(10-8-12)17(15)14(18)11-5-3-2-4-6-11/h2-10,16H,15H2,1H3. The molecule has 0 atom stereocenters. The summed E-state index contributed by atoms with van der Waals surface area (Å²) in [6, 6.07) is 16.3. The van der Waals surface area contributed by atoms with Gasteiger partial charge in [-0.15, -0.1) is 0 Å². The molecule has 0 fully saturated rings. The van der Waals surface area contributed by atoms with E-state index >= 15 is 0 Å². The van der Waals surface area contributed by atoms with Crippen LogP contribution in [0.25, 0.3) is 0 Å². The van der Waals surface area contributed by atoms with E-state index in [1.807, 2.05) is 37.4 Å². The number of nitrogens with one attached hydrogen (secondary N) is 1. The normalized spacial score (nSPS) is 9.89. The molecule has 4 nitrogen and oxygen atoms in total. The largest absolute Gasteiger partial charge is 0.388 e. The fraction of sp³-hybridized carbons (Fsp3) is 0.0714. The lowest BCUT2D eigenvalue weighted by molar-refractivity contribution is 0.0987. The molecule has 0 saturated heterocycles. The van der Waals surface area contributed by atoms with Gasteiger partial charge in [0.25, 0.3) is 5.91 Å². The minimum Gasteiger partial charge on any atom is -0.388 e. The summed E-state index contributed by atoms with van der Waals surface area (Å²) in [5.74, 6) is 5.60. The molecule has 0 aliphatic heterocycles. The van der Waals surface area contributed by atoms with Crippen LogP contribution < -0.4 is 16.2 Å². The van der Waals surface area contributed by atoms with Gasteiger partial charge in [0, 0.05) is 18.3 Å². The first kappa shape index (κ1) is 12.1. The number of hydrogen-bond acceptors (Lipinski definition) is 3. The van der Waals surface area contributed by atoms with Crippen molar-refractivity contribution in [1.82, 2.24) is 0 Å². The van der Waals surface area contributed by atoms with Gasteiger partial charge in [0.2, 0.25) is 0 Å². The van der Waals surface area contributed by atoms with Crippen molar-refractivity contribution in [2.45, 2.75) is 0 Å². The highest BCUT2D eigenvalue weighted by Gasteiger charge is 2.13. The van der Waals surface area contributed by atoms with Gasteiger partial charge in [-0.2, -0.15) is 0 Å². The van der Waals surface area contributed by atoms with Crippen LogP contribution in [-0.2, 0) is 0 Å². The Bertz CT molecular complexity index is 522. The highest BCUT2D eigenvalue weighted by molar-refractivity contribution is 6.05. The van der Waals surface area contributed by atoms with Crippen LogP contribution in [0.15, 0.2) is 54.6 Å². The SMILES string of the molecule is CNc1ccc(N(N)C(=O)c2ccccc2)cc1. The summed E-state index contributed by atoms with van der Waals surface area (Å²) in [5, 5.41) is 4.16. The van der Waals surface area contributed by atoms with E-state index in [0.717, 1.165) is 10.7 Å². The van der Waals surface area contributed by atoms with Gasteiger partial charge in [0.1, 0.15) is 0 Å². The van der Waals surface area contributed by atoms with Crippen molar-refractivity contribution >= 4 is 17.3 Å². The monoisotopic (exact) mass is 241 g/mol. The molecular formula is C14H15N3O. The van der Waals surface area contributed by atoms with Crippen molar-refractivity contribution < 1.29 is 4.79 Å². The molecular weight excluding hydrogens is 226 g/mol. The second kappa shape index (κ2) is 5.33. The summed E-state index contributed by atoms with van der Waals surface area (Å²) < 4.78 is 0. The minimum absolute atomic E-state index is 0.229. The number of benzene rings is 2. The number of anilines is 2. The van der Waals surface area contributed by atoms with Gasteiger partial charge in [-0.1, -0.05) is 18.2 Å². The van der Waals surface area contributed by atoms with E-state index in [-0.39, 0.29) is 5.91 Å². The molecule has 0 aliphatic carbocycles. The number of nitrogens with zero attached hydrogens (tertiary/aromatic N) is 1. The van der Waals surface area contributed by atoms with E-state index in [9.17, 15) is 4.79 Å². The van der Waals surface area contributed by atoms with Gasteiger partial charge in [-0.05, 0) is 36.4 Å². The fourth-order valence-corrected chi connectivity index (χ4v) is 1.63. The number of rotatable bonds is 3. The Labute approximate surface area is 106 Å². The van der Waals surface area contributed by atoms with E-state index in [2.05, 4.69) is 5.32 Å². The molecule has 18 heavy (non-hydrogen) atoms. The van der Waals surface area contributed by atoms with E-state index in [1.54, 1.807) is 24.3 Å². The lowest BCUT2D eigenvalue weighted by Crippen LogP contribution is -2.37. The molecule has 4 heteroatoms. The molecule has 0 aliphatic rings. The fourth-order valence-electron chi connectivity index (χ4n) is 1.63. The van der Waals surface area contributed by atoms with Crippen molar-refractivity contribution in [1.29, 1.82) is 0 Å². The van der Waals surface area contributed by atoms with Gasteiger partial charge >= 0.3 is 0 Å². The van der Waals surface area contributed by atoms with Crippen LogP contribution in [0.2, 0.25) is 0 Å². The molecule has 0 saturated carbocycles. The summed E-state index contributed by atoms with van der Waals surface area (Å²) >= 11 is 0. The zero-order valence-electron chi connectivity index (χ0n) is 10.1. The van der Waals surface area contributed by atoms with Crippen molar-refractivity contribution in [3.8, 4) is 0 Å². The molecule has 2 aromatic carbocycles. The van der Waals surface area contributed by atoms with E-state index in [1.165, 1.54) is 0 Å². The summed E-state index contributed by atoms with van der Waals surface area (Å²) in [7, 11) is 1.84. The molecule has 3 N–H and O–H groups in total. The van der Waals surface area contributed by atoms with Crippen LogP contribution in [0, 0.1) is 0 Å². The summed E-state index contributed by atoms with van der Waals surface area (Å²) in [5.41, 5.74) is 2.19. The van der Waals surface area contributed by atoms with Gasteiger partial charge < -0.3 is 5.32 Å². The molecule has 1 amide bonds. The minimum atomic E-state index is -0.229. The number of carbonyl (C=O) groups is 1. The summed E-state index contributed by atoms with van der Waals surface area (Å²) in [6.07, 6.45) is 0. The number of hydrazine groups is 1. The van der Waals surface area contributed by atoms with Crippen LogP contribution in [0.3, 0.4) is 0 Å². The van der Waals surface area contributed by atoms with Gasteiger partial charge in [0.15, 0.2) is 0 Å². The molecule has 0 spiro atoms. The van der Waals surface area contributed by atoms with Crippen molar-refractivity contribution in [2.75, 3.05) is 17.4 Å². The Morgan fingerprint density at radius 3 is 2.22 bits per heavy atom. The molecule has 0 radical (unpaired) electrons. The first-order valence-corrected chi connectivity index (χ1v) is 5.64. The smallest absolute Gasteiger partial charge is 0.272 e. The maximum Gasteiger partial charge on any atom is 0.272 e. The maximum absolute atomic E-state index is 12.1. The average Bonchev–Trinajstić information content (AvgIpc) is 2.47. The summed E-state index contributed by atoms with van der Waals surface area (Å²) in [6.45, 7) is 0. The molecule has 0 bridgehead atoms. The highest BCUT2D eigenvalue weighted by atomic mass is 16.2. The van der Waals surface area contributed by atoms with Crippen LogP contribution in [-0.4, -0.2) is 13.0 Å². The first-order chi connectivity index (χ1) is 8.72. The van der Waals surface area contributed by atoms with Crippen LogP contribution in [0.4, 0.5) is 11.4 Å². The first-order valence-electron chi connectivity index (χ1n) is 5.64. The number of amides is 1. The quantitative estimate of drug-likeness (QED) is 0.492. The predicted octanol–water partition coefficient (Wildman–Crippen LogP) is 2.25. The highest BCUT2D eigenvalue weighted by Crippen LogP contribution is 2.17. The number of carbonyl (C=O) groups excluding carboxylic acids is 1. The van der Waals surface area contributed by atoms with Crippen LogP contribution >= 0.6 is 0 Å². The third-order valence-electron chi connectivity index (χ3n) is 2.67. The lowest BCUT2D eigenvalue weighted by Gasteiger charge is -2.17. The maximum atomic E-state index is 12.1. The van der Waals surface area contributed by atoms with Crippen LogP contribution in [0.5, 0.6) is 0 Å². The Morgan fingerprint density at radius 2 is 1.67 bits per heavy atom. The Balaban J connectivity index is 2.20. The van der Waals surface area contributed by atoms with E-state index in [4.69, 9.17) is 5.84 Å². The van der Waals surface area contributed by atoms with Gasteiger partial charge in [-0.25, -0.2) is 10.9 Å². The Hall–Kier alpha value is -2.33. The Kier molecular flexibility index (Phi) is 3.60. The topological polar surface area (TPSA) is 58.4 Å². The molecule has 0 aromatic heterocycles. The van der Waals surface area contributed by atoms with Crippen molar-refractivity contribution in [3.05, 3.63) is 60.2 Å². The number of nitrogens with two attached hydrogens (primary N) is 1. The number of hydrogen-bond donors (Lipinski definition) is 2. The predicted molar refractivity (Wildman–Crippen MR) is 73.4 cm³/mol. The summed E-state index contributed by atoms with van der Waals surface area (Å²) in [4.78, 5) is 12.1. The zero-order valence-corrected chi connectivity index (χ0v) is 10.1. The van der Waals surface area contributed by atoms with E-state index in [0.29, 0.717) is 11.3 Å². The van der Waals surface area contributed by atoms with Gasteiger partial charge in [0.05, 0.1) is 5.69 Å². The molecule has 2 rings (SSSR count). The van der Waals surface area contributed by atoms with Crippen molar-refractivity contribution in [3.63, 3.8) is 0 Å². The second-order valence-corrected chi connectivity index (χ2v) is 3.84. The molecule has 92 valence electrons. The van der Waals surface area contributed by atoms with Crippen LogP contribution in [0.1, 0.15) is 10.4 Å². The van der Waals surface area contributed by atoms with Crippen molar-refractivity contribution in [2.24, 2.45) is 5.84 Å². The average molecular weight is 241 g/mol.